The summed E-state index contributed by atoms with van der Waals surface area (Å²) < 4.78 is 81.3. The highest BCUT2D eigenvalue weighted by Crippen LogP contribution is 2.36. The number of alkyl halides is 6. The number of carbonyl (C=O) groups is 1. The highest BCUT2D eigenvalue weighted by molar-refractivity contribution is 6.07. The van der Waals surface area contributed by atoms with Crippen LogP contribution in [0.1, 0.15) is 45.6 Å². The summed E-state index contributed by atoms with van der Waals surface area (Å²) in [7, 11) is 0. The minimum atomic E-state index is -5.04. The summed E-state index contributed by atoms with van der Waals surface area (Å²) in [6.07, 6.45) is -8.04. The van der Waals surface area contributed by atoms with Crippen molar-refractivity contribution < 1.29 is 36.2 Å². The first-order valence-electron chi connectivity index (χ1n) is 12.6. The molecule has 4 rings (SSSR count). The van der Waals surface area contributed by atoms with Crippen LogP contribution in [0.4, 0.5) is 26.3 Å². The van der Waals surface area contributed by atoms with Crippen LogP contribution in [0, 0.1) is 6.92 Å². The summed E-state index contributed by atoms with van der Waals surface area (Å²) in [5.41, 5.74) is -2.28. The summed E-state index contributed by atoms with van der Waals surface area (Å²) in [6, 6.07) is 11.3. The summed E-state index contributed by atoms with van der Waals surface area (Å²) in [6.45, 7) is 1.03. The Hall–Kier alpha value is -4.19. The Bertz CT molecular complexity index is 1590. The Morgan fingerprint density at radius 2 is 1.59 bits per heavy atom. The number of nitrogens with zero attached hydrogens (tertiary/aromatic N) is 2. The van der Waals surface area contributed by atoms with Crippen LogP contribution in [-0.2, 0) is 25.4 Å². The van der Waals surface area contributed by atoms with Crippen molar-refractivity contribution in [2.24, 2.45) is 0 Å². The van der Waals surface area contributed by atoms with Crippen LogP contribution in [0.5, 0.6) is 0 Å². The molecule has 216 valence electrons. The molecule has 0 aliphatic rings. The second-order valence-electron chi connectivity index (χ2n) is 9.47. The largest absolute Gasteiger partial charge is 0.416 e. The number of fused-ring (bicyclic) bond motifs is 1. The van der Waals surface area contributed by atoms with E-state index in [1.54, 1.807) is 36.4 Å². The molecule has 2 heterocycles. The van der Waals surface area contributed by atoms with Crippen molar-refractivity contribution in [2.75, 3.05) is 6.61 Å². The van der Waals surface area contributed by atoms with E-state index >= 15 is 0 Å². The molecular formula is C29H25F6N3O3. The molecule has 0 bridgehead atoms. The molecule has 1 amide bonds. The predicted molar refractivity (Wildman–Crippen MR) is 140 cm³/mol. The zero-order valence-electron chi connectivity index (χ0n) is 21.7. The third-order valence-electron chi connectivity index (χ3n) is 6.48. The fourth-order valence-electron chi connectivity index (χ4n) is 4.50. The second-order valence-corrected chi connectivity index (χ2v) is 9.47. The van der Waals surface area contributed by atoms with E-state index in [-0.39, 0.29) is 30.4 Å². The molecule has 2 aromatic carbocycles. The Balaban J connectivity index is 1.86. The van der Waals surface area contributed by atoms with Crippen molar-refractivity contribution >= 4 is 16.8 Å². The van der Waals surface area contributed by atoms with E-state index in [4.69, 9.17) is 0 Å². The maximum absolute atomic E-state index is 13.7. The van der Waals surface area contributed by atoms with E-state index in [9.17, 15) is 41.0 Å². The maximum Gasteiger partial charge on any atom is 0.416 e. The summed E-state index contributed by atoms with van der Waals surface area (Å²) >= 11 is 0. The van der Waals surface area contributed by atoms with Gasteiger partial charge in [0.1, 0.15) is 11.2 Å². The molecule has 0 saturated carbocycles. The van der Waals surface area contributed by atoms with Gasteiger partial charge >= 0.3 is 12.4 Å². The first-order valence-corrected chi connectivity index (χ1v) is 12.6. The van der Waals surface area contributed by atoms with Crippen LogP contribution in [0.25, 0.3) is 22.0 Å². The normalized spacial score (nSPS) is 12.1. The summed E-state index contributed by atoms with van der Waals surface area (Å²) in [5, 5.41) is 12.0. The van der Waals surface area contributed by atoms with E-state index in [2.05, 4.69) is 10.3 Å². The second kappa shape index (κ2) is 11.7. The number of halogens is 6. The molecule has 0 radical (unpaired) electrons. The summed E-state index contributed by atoms with van der Waals surface area (Å²) in [5.74, 6) is -0.876. The van der Waals surface area contributed by atoms with Crippen LogP contribution < -0.4 is 10.9 Å². The Kier molecular flexibility index (Phi) is 8.52. The number of aromatic nitrogens is 2. The van der Waals surface area contributed by atoms with Gasteiger partial charge in [0.15, 0.2) is 0 Å². The third-order valence-corrected chi connectivity index (χ3v) is 6.48. The van der Waals surface area contributed by atoms with Crippen LogP contribution in [-0.4, -0.2) is 27.2 Å². The SMILES string of the molecule is Cc1ccc(-c2c(C(=O)NCc3cc(C(F)(F)F)cc(C(F)(F)F)c3)n(CCCCO)c(=O)c3ncccc23)cc1. The van der Waals surface area contributed by atoms with Gasteiger partial charge < -0.3 is 15.0 Å². The standard InChI is InChI=1S/C29H25F6N3O3/c1-17-6-8-19(9-7-17)23-22-5-4-10-36-24(22)27(41)38(11-2-3-12-39)25(23)26(40)37-16-18-13-20(28(30,31)32)15-21(14-18)29(33,34)35/h4-10,13-15,39H,2-3,11-12,16H2,1H3,(H,37,40). The van der Waals surface area contributed by atoms with Gasteiger partial charge in [0.05, 0.1) is 11.1 Å². The first-order chi connectivity index (χ1) is 19.3. The van der Waals surface area contributed by atoms with Crippen LogP contribution >= 0.6 is 0 Å². The number of pyridine rings is 2. The third kappa shape index (κ3) is 6.59. The maximum atomic E-state index is 13.7. The van der Waals surface area contributed by atoms with E-state index in [1.165, 1.54) is 10.8 Å². The fourth-order valence-corrected chi connectivity index (χ4v) is 4.50. The summed E-state index contributed by atoms with van der Waals surface area (Å²) in [4.78, 5) is 31.4. The zero-order chi connectivity index (χ0) is 29.9. The minimum absolute atomic E-state index is 0.00923. The minimum Gasteiger partial charge on any atom is -0.396 e. The number of hydrogen-bond donors (Lipinski definition) is 2. The molecule has 6 nitrogen and oxygen atoms in total. The molecular weight excluding hydrogens is 552 g/mol. The van der Waals surface area contributed by atoms with Gasteiger partial charge in [-0.3, -0.25) is 14.6 Å². The van der Waals surface area contributed by atoms with Crippen LogP contribution in [0.3, 0.4) is 0 Å². The van der Waals surface area contributed by atoms with E-state index in [1.807, 2.05) is 6.92 Å². The van der Waals surface area contributed by atoms with Crippen LogP contribution in [0.2, 0.25) is 0 Å². The molecule has 0 aliphatic carbocycles. The number of carbonyl (C=O) groups excluding carboxylic acids is 1. The molecule has 2 aromatic heterocycles. The smallest absolute Gasteiger partial charge is 0.396 e. The van der Waals surface area contributed by atoms with Crippen molar-refractivity contribution in [3.8, 4) is 11.1 Å². The van der Waals surface area contributed by atoms with E-state index in [0.29, 0.717) is 41.5 Å². The molecule has 0 fully saturated rings. The molecule has 41 heavy (non-hydrogen) atoms. The number of aliphatic hydroxyl groups excluding tert-OH is 1. The number of rotatable bonds is 8. The predicted octanol–water partition coefficient (Wildman–Crippen LogP) is 6.11. The van der Waals surface area contributed by atoms with Gasteiger partial charge in [-0.1, -0.05) is 35.9 Å². The average Bonchev–Trinajstić information content (AvgIpc) is 2.92. The van der Waals surface area contributed by atoms with Gasteiger partial charge in [-0.05, 0) is 55.2 Å². The molecule has 0 aliphatic heterocycles. The van der Waals surface area contributed by atoms with Gasteiger partial charge in [0.25, 0.3) is 11.5 Å². The number of benzene rings is 2. The molecule has 0 unspecified atom stereocenters. The van der Waals surface area contributed by atoms with Crippen molar-refractivity contribution in [3.05, 3.63) is 99.1 Å². The number of unbranched alkanes of at least 4 members (excludes halogenated alkanes) is 1. The van der Waals surface area contributed by atoms with Gasteiger partial charge in [-0.15, -0.1) is 0 Å². The van der Waals surface area contributed by atoms with Gasteiger partial charge in [-0.2, -0.15) is 26.3 Å². The van der Waals surface area contributed by atoms with Crippen molar-refractivity contribution in [1.29, 1.82) is 0 Å². The fraction of sp³-hybridized carbons (Fsp3) is 0.276. The Morgan fingerprint density at radius 3 is 2.17 bits per heavy atom. The molecule has 2 N–H and O–H groups in total. The van der Waals surface area contributed by atoms with Crippen LogP contribution in [0.15, 0.2) is 65.6 Å². The number of nitrogens with one attached hydrogen (secondary N) is 1. The van der Waals surface area contributed by atoms with Crippen molar-refractivity contribution in [3.63, 3.8) is 0 Å². The lowest BCUT2D eigenvalue weighted by Crippen LogP contribution is -2.34. The highest BCUT2D eigenvalue weighted by Gasteiger charge is 2.37. The topological polar surface area (TPSA) is 84.2 Å². The van der Waals surface area contributed by atoms with E-state index < -0.39 is 47.1 Å². The molecule has 12 heteroatoms. The quantitative estimate of drug-likeness (QED) is 0.196. The van der Waals surface area contributed by atoms with Gasteiger partial charge in [-0.25, -0.2) is 0 Å². The molecule has 0 spiro atoms. The van der Waals surface area contributed by atoms with Gasteiger partial charge in [0.2, 0.25) is 0 Å². The number of amides is 1. The van der Waals surface area contributed by atoms with Crippen molar-refractivity contribution in [1.82, 2.24) is 14.9 Å². The number of aliphatic hydroxyl groups is 1. The monoisotopic (exact) mass is 577 g/mol. The zero-order valence-corrected chi connectivity index (χ0v) is 21.7. The Labute approximate surface area is 230 Å². The molecule has 4 aromatic rings. The number of aryl methyl sites for hydroxylation is 1. The molecule has 0 atom stereocenters. The first kappa shape index (κ1) is 29.8. The van der Waals surface area contributed by atoms with Gasteiger partial charge in [0, 0.05) is 36.8 Å². The lowest BCUT2D eigenvalue weighted by molar-refractivity contribution is -0.143. The van der Waals surface area contributed by atoms with Crippen molar-refractivity contribution in [2.45, 2.75) is 45.2 Å². The Morgan fingerprint density at radius 1 is 0.951 bits per heavy atom. The lowest BCUT2D eigenvalue weighted by Gasteiger charge is -2.20. The lowest BCUT2D eigenvalue weighted by atomic mass is 9.97. The molecule has 0 saturated heterocycles. The number of hydrogen-bond acceptors (Lipinski definition) is 4. The average molecular weight is 578 g/mol. The highest BCUT2D eigenvalue weighted by atomic mass is 19.4. The van der Waals surface area contributed by atoms with E-state index in [0.717, 1.165) is 5.56 Å².